The monoisotopic (exact) mass is 523 g/mol. The molecule has 0 bridgehead atoms. The van der Waals surface area contributed by atoms with Crippen LogP contribution in [0.2, 0.25) is 5.02 Å². The molecular formula is C27H30ClN5O2S. The molecule has 9 heteroatoms. The fraction of sp³-hybridized carbons (Fsp3) is 0.370. The van der Waals surface area contributed by atoms with Crippen molar-refractivity contribution in [2.75, 3.05) is 26.0 Å². The average molecular weight is 524 g/mol. The Hall–Kier alpha value is -2.94. The number of rotatable bonds is 8. The topological polar surface area (TPSA) is 80.8 Å². The predicted molar refractivity (Wildman–Crippen MR) is 147 cm³/mol. The molecule has 2 aliphatic rings. The summed E-state index contributed by atoms with van der Waals surface area (Å²) in [4.78, 5) is 38.9. The number of likely N-dealkylation sites (N-methyl/N-ethyl adjacent to an activating group) is 1. The van der Waals surface area contributed by atoms with Crippen molar-refractivity contribution in [1.29, 1.82) is 0 Å². The van der Waals surface area contributed by atoms with Crippen molar-refractivity contribution in [3.05, 3.63) is 78.3 Å². The molecule has 0 spiro atoms. The van der Waals surface area contributed by atoms with Gasteiger partial charge in [0.25, 0.3) is 11.5 Å². The van der Waals surface area contributed by atoms with Gasteiger partial charge in [-0.1, -0.05) is 11.6 Å². The molecule has 4 heterocycles. The molecule has 0 saturated carbocycles. The normalized spacial score (nSPS) is 16.2. The van der Waals surface area contributed by atoms with Crippen molar-refractivity contribution in [2.45, 2.75) is 45.3 Å². The molecule has 188 valence electrons. The number of H-pyrrole nitrogens is 1. The van der Waals surface area contributed by atoms with Crippen LogP contribution < -0.4 is 10.9 Å². The maximum atomic E-state index is 13.2. The van der Waals surface area contributed by atoms with Gasteiger partial charge in [-0.25, -0.2) is 0 Å². The molecule has 0 fully saturated rings. The molecule has 0 saturated heterocycles. The van der Waals surface area contributed by atoms with Crippen LogP contribution in [0.15, 0.2) is 45.6 Å². The highest BCUT2D eigenvalue weighted by molar-refractivity contribution is 7.10. The summed E-state index contributed by atoms with van der Waals surface area (Å²) in [7, 11) is 4.03. The molecule has 7 nitrogen and oxygen atoms in total. The van der Waals surface area contributed by atoms with Crippen molar-refractivity contribution in [3.8, 4) is 0 Å². The van der Waals surface area contributed by atoms with E-state index in [9.17, 15) is 9.59 Å². The molecule has 36 heavy (non-hydrogen) atoms. The molecule has 2 atom stereocenters. The number of thiophene rings is 1. The SMILES string of the molecule is C[C@H](CN(C)C)N1Cc2cc3c(cc2C1=O)CC(c1c(N[C@@H](C)Cc2sccc2Cl)cc[nH]c1=O)=N3. The number of carbonyl (C=O) groups is 1. The number of fused-ring (bicyclic) bond motifs is 2. The molecule has 1 aromatic carbocycles. The number of aromatic amines is 1. The summed E-state index contributed by atoms with van der Waals surface area (Å²) in [5.41, 5.74) is 5.39. The first-order chi connectivity index (χ1) is 17.2. The Labute approximate surface area is 219 Å². The summed E-state index contributed by atoms with van der Waals surface area (Å²) in [6.07, 6.45) is 2.92. The fourth-order valence-corrected chi connectivity index (χ4v) is 6.35. The first-order valence-corrected chi connectivity index (χ1v) is 13.4. The number of hydrogen-bond acceptors (Lipinski definition) is 6. The second-order valence-corrected chi connectivity index (χ2v) is 11.4. The van der Waals surface area contributed by atoms with Gasteiger partial charge in [-0.2, -0.15) is 0 Å². The van der Waals surface area contributed by atoms with Gasteiger partial charge in [0.1, 0.15) is 0 Å². The molecule has 2 aliphatic heterocycles. The lowest BCUT2D eigenvalue weighted by molar-refractivity contribution is 0.0692. The van der Waals surface area contributed by atoms with Gasteiger partial charge >= 0.3 is 0 Å². The van der Waals surface area contributed by atoms with Gasteiger partial charge in [0.05, 0.1) is 27.7 Å². The summed E-state index contributed by atoms with van der Waals surface area (Å²) in [5, 5.41) is 6.24. The van der Waals surface area contributed by atoms with E-state index in [1.165, 1.54) is 0 Å². The van der Waals surface area contributed by atoms with Crippen LogP contribution in [-0.4, -0.2) is 59.1 Å². The Bertz CT molecular complexity index is 1410. The van der Waals surface area contributed by atoms with Crippen LogP contribution in [0, 0.1) is 0 Å². The number of halogens is 1. The minimum Gasteiger partial charge on any atom is -0.381 e. The zero-order valence-corrected chi connectivity index (χ0v) is 22.5. The van der Waals surface area contributed by atoms with Crippen molar-refractivity contribution in [3.63, 3.8) is 0 Å². The first kappa shape index (κ1) is 24.7. The standard InChI is InChI=1S/C27H30ClN5O2S/c1-15(9-24-20(28)6-8-36-24)30-21-5-7-29-26(34)25(21)23-11-17-10-19-18(12-22(17)31-23)14-33(27(19)35)16(2)13-32(3)4/h5-8,10,12,15-16H,9,11,13-14H2,1-4H3,(H2,29,30,34)/t15-,16+/m0/s1. The van der Waals surface area contributed by atoms with E-state index < -0.39 is 0 Å². The zero-order valence-electron chi connectivity index (χ0n) is 20.9. The summed E-state index contributed by atoms with van der Waals surface area (Å²) >= 11 is 7.91. The Morgan fingerprint density at radius 2 is 2.03 bits per heavy atom. The summed E-state index contributed by atoms with van der Waals surface area (Å²) in [6.45, 7) is 5.55. The van der Waals surface area contributed by atoms with E-state index in [0.717, 1.165) is 50.9 Å². The van der Waals surface area contributed by atoms with Crippen LogP contribution in [0.1, 0.15) is 45.8 Å². The van der Waals surface area contributed by atoms with Gasteiger partial charge in [0, 0.05) is 54.7 Å². The number of nitrogens with zero attached hydrogens (tertiary/aromatic N) is 3. The highest BCUT2D eigenvalue weighted by Crippen LogP contribution is 2.36. The van der Waals surface area contributed by atoms with Crippen LogP contribution in [0.3, 0.4) is 0 Å². The van der Waals surface area contributed by atoms with E-state index in [1.54, 1.807) is 17.5 Å². The van der Waals surface area contributed by atoms with Crippen molar-refractivity contribution >= 4 is 45.9 Å². The maximum absolute atomic E-state index is 13.2. The van der Waals surface area contributed by atoms with Crippen LogP contribution in [-0.2, 0) is 19.4 Å². The molecule has 1 amide bonds. The number of carbonyl (C=O) groups excluding carboxylic acids is 1. The van der Waals surface area contributed by atoms with E-state index in [0.29, 0.717) is 24.2 Å². The third kappa shape index (κ3) is 4.73. The van der Waals surface area contributed by atoms with E-state index >= 15 is 0 Å². The minimum atomic E-state index is -0.180. The Balaban J connectivity index is 1.39. The van der Waals surface area contributed by atoms with Gasteiger partial charge in [-0.15, -0.1) is 11.3 Å². The lowest BCUT2D eigenvalue weighted by atomic mass is 10.00. The molecule has 2 N–H and O–H groups in total. The lowest BCUT2D eigenvalue weighted by Gasteiger charge is -2.26. The molecule has 5 rings (SSSR count). The quantitative estimate of drug-likeness (QED) is 0.448. The maximum Gasteiger partial charge on any atom is 0.259 e. The average Bonchev–Trinajstić information content (AvgIpc) is 3.49. The highest BCUT2D eigenvalue weighted by atomic mass is 35.5. The molecule has 3 aromatic rings. The van der Waals surface area contributed by atoms with Gasteiger partial charge in [-0.05, 0) is 68.7 Å². The number of aromatic nitrogens is 1. The van der Waals surface area contributed by atoms with Crippen LogP contribution in [0.4, 0.5) is 11.4 Å². The zero-order chi connectivity index (χ0) is 25.6. The Morgan fingerprint density at radius 3 is 2.75 bits per heavy atom. The summed E-state index contributed by atoms with van der Waals surface area (Å²) in [5.74, 6) is 0.0663. The van der Waals surface area contributed by atoms with Gasteiger partial charge in [0.2, 0.25) is 0 Å². The highest BCUT2D eigenvalue weighted by Gasteiger charge is 2.33. The van der Waals surface area contributed by atoms with Crippen LogP contribution in [0.5, 0.6) is 0 Å². The largest absolute Gasteiger partial charge is 0.381 e. The second kappa shape index (κ2) is 9.84. The number of aliphatic imine (C=N–C) groups is 1. The first-order valence-electron chi connectivity index (χ1n) is 12.1. The number of anilines is 1. The van der Waals surface area contributed by atoms with Gasteiger partial charge in [-0.3, -0.25) is 14.6 Å². The van der Waals surface area contributed by atoms with Gasteiger partial charge < -0.3 is 20.1 Å². The van der Waals surface area contributed by atoms with Crippen molar-refractivity contribution < 1.29 is 4.79 Å². The van der Waals surface area contributed by atoms with Gasteiger partial charge in [0.15, 0.2) is 0 Å². The third-order valence-corrected chi connectivity index (χ3v) is 8.15. The van der Waals surface area contributed by atoms with Crippen molar-refractivity contribution in [2.24, 2.45) is 4.99 Å². The summed E-state index contributed by atoms with van der Waals surface area (Å²) < 4.78 is 0. The van der Waals surface area contributed by atoms with Crippen molar-refractivity contribution in [1.82, 2.24) is 14.8 Å². The van der Waals surface area contributed by atoms with Crippen LogP contribution in [0.25, 0.3) is 0 Å². The number of pyridine rings is 1. The molecule has 0 unspecified atom stereocenters. The smallest absolute Gasteiger partial charge is 0.259 e. The number of hydrogen-bond donors (Lipinski definition) is 2. The van der Waals surface area contributed by atoms with E-state index in [4.69, 9.17) is 16.6 Å². The fourth-order valence-electron chi connectivity index (χ4n) is 5.11. The predicted octanol–water partition coefficient (Wildman–Crippen LogP) is 4.72. The lowest BCUT2D eigenvalue weighted by Crippen LogP contribution is -2.40. The molecule has 0 aliphatic carbocycles. The van der Waals surface area contributed by atoms with E-state index in [2.05, 4.69) is 29.0 Å². The number of benzene rings is 1. The summed E-state index contributed by atoms with van der Waals surface area (Å²) in [6, 6.07) is 7.96. The van der Waals surface area contributed by atoms with Crippen LogP contribution >= 0.6 is 22.9 Å². The van der Waals surface area contributed by atoms with E-state index in [1.807, 2.05) is 48.6 Å². The second-order valence-electron chi connectivity index (χ2n) is 9.95. The molecular weight excluding hydrogens is 494 g/mol. The minimum absolute atomic E-state index is 0.0663. The van der Waals surface area contributed by atoms with E-state index in [-0.39, 0.29) is 23.6 Å². The Kier molecular flexibility index (Phi) is 6.76. The Morgan fingerprint density at radius 1 is 1.22 bits per heavy atom. The third-order valence-electron chi connectivity index (χ3n) is 6.75. The number of amides is 1. The number of nitrogens with one attached hydrogen (secondary N) is 2. The molecule has 0 radical (unpaired) electrons. The molecule has 2 aromatic heterocycles.